The molecule has 0 spiro atoms. The number of nitrogens with zero attached hydrogens (tertiary/aromatic N) is 3. The molecule has 5 atom stereocenters. The lowest BCUT2D eigenvalue weighted by molar-refractivity contribution is -0.142. The number of hydrogen-bond donors (Lipinski definition) is 2. The Labute approximate surface area is 279 Å². The van der Waals surface area contributed by atoms with E-state index in [1.807, 2.05) is 40.7 Å². The zero-order valence-electron chi connectivity index (χ0n) is 30.7. The largest absolute Gasteiger partial charge is 0.352 e. The van der Waals surface area contributed by atoms with Crippen molar-refractivity contribution in [3.05, 3.63) is 11.6 Å². The lowest BCUT2D eigenvalue weighted by Crippen LogP contribution is -2.60. The monoisotopic (exact) mass is 644 g/mol. The Morgan fingerprint density at radius 2 is 1.37 bits per heavy atom. The molecule has 3 fully saturated rings. The van der Waals surface area contributed by atoms with Crippen LogP contribution in [-0.2, 0) is 19.2 Å². The Hall–Kier alpha value is -2.42. The summed E-state index contributed by atoms with van der Waals surface area (Å²) in [7, 11) is 1.77. The fourth-order valence-electron chi connectivity index (χ4n) is 7.75. The molecule has 3 rings (SSSR count). The van der Waals surface area contributed by atoms with Gasteiger partial charge in [-0.1, -0.05) is 66.4 Å². The van der Waals surface area contributed by atoms with E-state index in [9.17, 15) is 19.2 Å². The van der Waals surface area contributed by atoms with E-state index in [-0.39, 0.29) is 53.7 Å². The highest BCUT2D eigenvalue weighted by Gasteiger charge is 2.41. The van der Waals surface area contributed by atoms with E-state index >= 15 is 0 Å². The molecule has 9 heteroatoms. The van der Waals surface area contributed by atoms with E-state index in [0.29, 0.717) is 24.5 Å². The third-order valence-electron chi connectivity index (χ3n) is 10.7. The standard InChI is InChI=1S/C37H65N5O4/c1-24(2)31(40(10)36(46)32(37(7,8)9)39-34(44)29-19-14-15-21-41(29)25(3)4)23-26(5)35(45)42-22-16-20-30(42)33(43)38-27(6)28-17-12-11-13-18-28/h23-25,27-32H,11-22H2,1-10H3,(H,38,43)(H,39,44)/b26-23+. The molecule has 9 nitrogen and oxygen atoms in total. The SMILES string of the molecule is C/C(=C\C(C(C)C)N(C)C(=O)C(NC(=O)C1CCCCN1C(C)C)C(C)(C)C)C(=O)N1CCCC1C(=O)NC(C)C1CCCCC1. The number of likely N-dealkylation sites (tertiary alicyclic amines) is 2. The van der Waals surface area contributed by atoms with Crippen molar-refractivity contribution in [1.82, 2.24) is 25.3 Å². The summed E-state index contributed by atoms with van der Waals surface area (Å²) in [4.78, 5) is 60.7. The maximum absolute atomic E-state index is 14.2. The van der Waals surface area contributed by atoms with E-state index in [4.69, 9.17) is 0 Å². The van der Waals surface area contributed by atoms with Crippen LogP contribution in [0.4, 0.5) is 0 Å². The third-order valence-corrected chi connectivity index (χ3v) is 10.7. The average Bonchev–Trinajstić information content (AvgIpc) is 3.51. The van der Waals surface area contributed by atoms with Crippen LogP contribution in [0.1, 0.15) is 127 Å². The molecule has 3 aliphatic rings. The van der Waals surface area contributed by atoms with Crippen LogP contribution in [0.15, 0.2) is 11.6 Å². The average molecular weight is 644 g/mol. The minimum atomic E-state index is -0.718. The van der Waals surface area contributed by atoms with Gasteiger partial charge in [0.2, 0.25) is 23.6 Å². The van der Waals surface area contributed by atoms with Crippen LogP contribution >= 0.6 is 0 Å². The van der Waals surface area contributed by atoms with Gasteiger partial charge in [0.05, 0.1) is 12.1 Å². The molecule has 2 aliphatic heterocycles. The molecule has 0 bridgehead atoms. The molecular weight excluding hydrogens is 578 g/mol. The molecule has 2 N–H and O–H groups in total. The van der Waals surface area contributed by atoms with Crippen molar-refractivity contribution in [3.8, 4) is 0 Å². The van der Waals surface area contributed by atoms with Crippen LogP contribution in [0.5, 0.6) is 0 Å². The molecule has 2 heterocycles. The maximum Gasteiger partial charge on any atom is 0.249 e. The number of carbonyl (C=O) groups is 4. The summed E-state index contributed by atoms with van der Waals surface area (Å²) in [5, 5.41) is 6.39. The highest BCUT2D eigenvalue weighted by atomic mass is 16.2. The molecule has 46 heavy (non-hydrogen) atoms. The summed E-state index contributed by atoms with van der Waals surface area (Å²) in [6.07, 6.45) is 12.2. The summed E-state index contributed by atoms with van der Waals surface area (Å²) < 4.78 is 0. The highest BCUT2D eigenvalue weighted by molar-refractivity contribution is 5.97. The molecule has 0 radical (unpaired) electrons. The number of hydrogen-bond acceptors (Lipinski definition) is 5. The lowest BCUT2D eigenvalue weighted by Gasteiger charge is -2.41. The molecule has 0 aromatic heterocycles. The predicted molar refractivity (Wildman–Crippen MR) is 185 cm³/mol. The Balaban J connectivity index is 1.74. The zero-order valence-corrected chi connectivity index (χ0v) is 30.7. The second kappa shape index (κ2) is 16.6. The second-order valence-corrected chi connectivity index (χ2v) is 16.0. The van der Waals surface area contributed by atoms with Crippen LogP contribution in [0.2, 0.25) is 0 Å². The van der Waals surface area contributed by atoms with Gasteiger partial charge in [-0.05, 0) is 90.0 Å². The Morgan fingerprint density at radius 3 is 1.96 bits per heavy atom. The van der Waals surface area contributed by atoms with Crippen molar-refractivity contribution in [2.45, 2.75) is 163 Å². The molecule has 2 saturated heterocycles. The van der Waals surface area contributed by atoms with Gasteiger partial charge >= 0.3 is 0 Å². The van der Waals surface area contributed by atoms with E-state index in [2.05, 4.69) is 36.3 Å². The van der Waals surface area contributed by atoms with Gasteiger partial charge in [0.15, 0.2) is 0 Å². The fourth-order valence-corrected chi connectivity index (χ4v) is 7.75. The minimum Gasteiger partial charge on any atom is -0.352 e. The van der Waals surface area contributed by atoms with Crippen LogP contribution in [0, 0.1) is 17.3 Å². The predicted octanol–water partition coefficient (Wildman–Crippen LogP) is 5.29. The van der Waals surface area contributed by atoms with Crippen LogP contribution in [0.3, 0.4) is 0 Å². The summed E-state index contributed by atoms with van der Waals surface area (Å²) in [5.74, 6) is 0.0656. The van der Waals surface area contributed by atoms with Gasteiger partial charge in [0.1, 0.15) is 12.1 Å². The molecule has 1 aliphatic carbocycles. The topological polar surface area (TPSA) is 102 Å². The Morgan fingerprint density at radius 1 is 0.783 bits per heavy atom. The zero-order chi connectivity index (χ0) is 34.3. The quantitative estimate of drug-likeness (QED) is 0.298. The number of likely N-dealkylation sites (N-methyl/N-ethyl adjacent to an activating group) is 1. The van der Waals surface area contributed by atoms with Crippen LogP contribution < -0.4 is 10.6 Å². The number of rotatable bonds is 11. The molecule has 4 amide bonds. The second-order valence-electron chi connectivity index (χ2n) is 16.0. The van der Waals surface area contributed by atoms with Crippen molar-refractivity contribution < 1.29 is 19.2 Å². The molecule has 5 unspecified atom stereocenters. The van der Waals surface area contributed by atoms with Crippen LogP contribution in [-0.4, -0.2) is 94.7 Å². The minimum absolute atomic E-state index is 0.0248. The van der Waals surface area contributed by atoms with E-state index in [0.717, 1.165) is 45.1 Å². The number of amides is 4. The van der Waals surface area contributed by atoms with Gasteiger partial charge in [-0.25, -0.2) is 0 Å². The smallest absolute Gasteiger partial charge is 0.249 e. The van der Waals surface area contributed by atoms with E-state index in [1.54, 1.807) is 23.8 Å². The lowest BCUT2D eigenvalue weighted by atomic mass is 9.84. The van der Waals surface area contributed by atoms with Gasteiger partial charge in [-0.2, -0.15) is 0 Å². The number of carbonyl (C=O) groups excluding carboxylic acids is 4. The summed E-state index contributed by atoms with van der Waals surface area (Å²) in [6, 6.07) is -1.43. The number of piperidine rings is 1. The van der Waals surface area contributed by atoms with Crippen molar-refractivity contribution in [2.24, 2.45) is 17.3 Å². The fraction of sp³-hybridized carbons (Fsp3) is 0.838. The highest BCUT2D eigenvalue weighted by Crippen LogP contribution is 2.29. The van der Waals surface area contributed by atoms with E-state index in [1.165, 1.54) is 19.3 Å². The summed E-state index contributed by atoms with van der Waals surface area (Å²) >= 11 is 0. The van der Waals surface area contributed by atoms with Gasteiger partial charge in [-0.15, -0.1) is 0 Å². The normalized spacial score (nSPS) is 24.1. The van der Waals surface area contributed by atoms with Gasteiger partial charge in [0, 0.05) is 31.2 Å². The molecule has 1 saturated carbocycles. The Kier molecular flexibility index (Phi) is 13.7. The van der Waals surface area contributed by atoms with Gasteiger partial charge in [-0.3, -0.25) is 24.1 Å². The molecule has 262 valence electrons. The van der Waals surface area contributed by atoms with Crippen molar-refractivity contribution >= 4 is 23.6 Å². The molecule has 0 aromatic rings. The van der Waals surface area contributed by atoms with E-state index < -0.39 is 17.5 Å². The third kappa shape index (κ3) is 9.57. The first-order valence-electron chi connectivity index (χ1n) is 18.2. The molecular formula is C37H65N5O4. The first-order valence-corrected chi connectivity index (χ1v) is 18.2. The Bertz CT molecular complexity index is 1090. The number of nitrogens with one attached hydrogen (secondary N) is 2. The van der Waals surface area contributed by atoms with Crippen molar-refractivity contribution in [2.75, 3.05) is 20.1 Å². The molecule has 0 aromatic carbocycles. The van der Waals surface area contributed by atoms with Crippen molar-refractivity contribution in [1.29, 1.82) is 0 Å². The summed E-state index contributed by atoms with van der Waals surface area (Å²) in [5.41, 5.74) is 0.0174. The maximum atomic E-state index is 14.2. The van der Waals surface area contributed by atoms with Gasteiger partial charge in [0.25, 0.3) is 0 Å². The summed E-state index contributed by atoms with van der Waals surface area (Å²) in [6.45, 7) is 19.6. The van der Waals surface area contributed by atoms with Gasteiger partial charge < -0.3 is 20.4 Å². The van der Waals surface area contributed by atoms with Crippen LogP contribution in [0.25, 0.3) is 0 Å². The van der Waals surface area contributed by atoms with Crippen molar-refractivity contribution in [3.63, 3.8) is 0 Å². The first kappa shape index (κ1) is 38.0. The first-order chi connectivity index (χ1) is 21.5.